The largest absolute Gasteiger partial charge is 1.00 e. The van der Waals surface area contributed by atoms with E-state index in [-0.39, 0.29) is 46.5 Å². The van der Waals surface area contributed by atoms with E-state index in [0.29, 0.717) is 11.8 Å². The van der Waals surface area contributed by atoms with Gasteiger partial charge >= 0.3 is 243 Å². The Hall–Kier alpha value is -0.617. The van der Waals surface area contributed by atoms with Gasteiger partial charge < -0.3 is 24.8 Å². The second kappa shape index (κ2) is 10.6. The Balaban J connectivity index is 0.00000210. The molecule has 0 saturated carbocycles. The molecule has 2 atom stereocenters. The SMILES string of the molecule is CC(C)C1(C2c3ccc(C(C)(C)C)cc3-c3cc(C(C)(C)C)ccc32)C[CH]([Zr+2])C2=C1C=C(C(C)(C)C)C2.[Cl-].[Cl-]. The third kappa shape index (κ3) is 5.25. The molecular formula is C36H47Cl2Zr. The number of halogens is 2. The molecule has 2 unspecified atom stereocenters. The predicted molar refractivity (Wildman–Crippen MR) is 156 cm³/mol. The van der Waals surface area contributed by atoms with Crippen LogP contribution in [0.2, 0.25) is 3.63 Å². The molecule has 0 radical (unpaired) electrons. The molecule has 0 aliphatic heterocycles. The third-order valence-electron chi connectivity index (χ3n) is 9.77. The molecule has 209 valence electrons. The van der Waals surface area contributed by atoms with Crippen LogP contribution in [0.15, 0.2) is 59.2 Å². The quantitative estimate of drug-likeness (QED) is 0.455. The zero-order valence-electron chi connectivity index (χ0n) is 25.9. The van der Waals surface area contributed by atoms with Gasteiger partial charge in [0.2, 0.25) is 0 Å². The summed E-state index contributed by atoms with van der Waals surface area (Å²) in [4.78, 5) is 0. The maximum Gasteiger partial charge on any atom is -1.00 e. The van der Waals surface area contributed by atoms with Gasteiger partial charge in [0.25, 0.3) is 0 Å². The van der Waals surface area contributed by atoms with Crippen molar-refractivity contribution in [3.05, 3.63) is 81.4 Å². The fourth-order valence-electron chi connectivity index (χ4n) is 7.31. The van der Waals surface area contributed by atoms with Crippen molar-refractivity contribution in [2.75, 3.05) is 0 Å². The zero-order chi connectivity index (χ0) is 27.3. The summed E-state index contributed by atoms with van der Waals surface area (Å²) in [6.45, 7) is 26.3. The Kier molecular flexibility index (Phi) is 8.92. The molecule has 0 saturated heterocycles. The van der Waals surface area contributed by atoms with E-state index in [9.17, 15) is 0 Å². The number of hydrogen-bond acceptors (Lipinski definition) is 0. The van der Waals surface area contributed by atoms with Gasteiger partial charge in [-0.05, 0) is 0 Å². The molecule has 3 aliphatic carbocycles. The second-order valence-electron chi connectivity index (χ2n) is 15.5. The summed E-state index contributed by atoms with van der Waals surface area (Å²) in [6, 6.07) is 15.0. The summed E-state index contributed by atoms with van der Waals surface area (Å²) in [5.41, 5.74) is 14.8. The van der Waals surface area contributed by atoms with E-state index in [0.717, 1.165) is 3.63 Å². The van der Waals surface area contributed by atoms with Gasteiger partial charge in [0.15, 0.2) is 0 Å². The first-order chi connectivity index (χ1) is 17.0. The molecule has 0 fully saturated rings. The predicted octanol–water partition coefficient (Wildman–Crippen LogP) is 4.46. The Morgan fingerprint density at radius 3 is 1.59 bits per heavy atom. The van der Waals surface area contributed by atoms with Gasteiger partial charge in [-0.3, -0.25) is 0 Å². The number of rotatable bonds is 2. The van der Waals surface area contributed by atoms with Gasteiger partial charge in [-0.1, -0.05) is 0 Å². The minimum atomic E-state index is 0. The van der Waals surface area contributed by atoms with Crippen molar-refractivity contribution in [1.29, 1.82) is 0 Å². The normalized spacial score (nSPS) is 22.8. The van der Waals surface area contributed by atoms with E-state index >= 15 is 0 Å². The first kappa shape index (κ1) is 32.9. The van der Waals surface area contributed by atoms with Gasteiger partial charge in [-0.2, -0.15) is 0 Å². The van der Waals surface area contributed by atoms with Crippen LogP contribution in [0.25, 0.3) is 11.1 Å². The molecule has 5 rings (SSSR count). The summed E-state index contributed by atoms with van der Waals surface area (Å²) in [7, 11) is 0. The summed E-state index contributed by atoms with van der Waals surface area (Å²) in [5, 5.41) is 0. The van der Waals surface area contributed by atoms with Crippen molar-refractivity contribution in [2.24, 2.45) is 16.7 Å². The molecule has 2 aromatic rings. The minimum Gasteiger partial charge on any atom is -1.00 e. The van der Waals surface area contributed by atoms with E-state index in [1.54, 1.807) is 52.6 Å². The third-order valence-corrected chi connectivity index (χ3v) is 11.1. The van der Waals surface area contributed by atoms with Crippen molar-refractivity contribution >= 4 is 0 Å². The Morgan fingerprint density at radius 1 is 0.744 bits per heavy atom. The zero-order valence-corrected chi connectivity index (χ0v) is 29.9. The van der Waals surface area contributed by atoms with Crippen molar-refractivity contribution in [3.63, 3.8) is 0 Å². The maximum atomic E-state index is 2.67. The van der Waals surface area contributed by atoms with E-state index < -0.39 is 0 Å². The smallest absolute Gasteiger partial charge is 1.00 e. The van der Waals surface area contributed by atoms with Gasteiger partial charge in [-0.25, -0.2) is 0 Å². The Labute approximate surface area is 266 Å². The van der Waals surface area contributed by atoms with Gasteiger partial charge in [0.05, 0.1) is 0 Å². The van der Waals surface area contributed by atoms with Crippen molar-refractivity contribution in [1.82, 2.24) is 0 Å². The molecule has 39 heavy (non-hydrogen) atoms. The van der Waals surface area contributed by atoms with Crippen molar-refractivity contribution in [2.45, 2.75) is 109 Å². The molecule has 0 bridgehead atoms. The molecule has 3 heteroatoms. The molecule has 0 spiro atoms. The van der Waals surface area contributed by atoms with Crippen LogP contribution in [-0.4, -0.2) is 0 Å². The number of fused-ring (bicyclic) bond motifs is 3. The van der Waals surface area contributed by atoms with Crippen LogP contribution in [-0.2, 0) is 35.5 Å². The van der Waals surface area contributed by atoms with E-state index in [1.807, 2.05) is 0 Å². The number of benzene rings is 2. The second-order valence-corrected chi connectivity index (χ2v) is 17.2. The molecule has 0 nitrogen and oxygen atoms in total. The average molecular weight is 642 g/mol. The van der Waals surface area contributed by atoms with Crippen LogP contribution in [0.3, 0.4) is 0 Å². The van der Waals surface area contributed by atoms with E-state index in [4.69, 9.17) is 0 Å². The fourth-order valence-corrected chi connectivity index (χ4v) is 8.77. The van der Waals surface area contributed by atoms with Gasteiger partial charge in [0.1, 0.15) is 0 Å². The molecule has 0 aromatic heterocycles. The fraction of sp³-hybridized carbons (Fsp3) is 0.556. The number of allylic oxidation sites excluding steroid dienone is 4. The van der Waals surface area contributed by atoms with Crippen LogP contribution < -0.4 is 24.8 Å². The van der Waals surface area contributed by atoms with E-state index in [2.05, 4.69) is 119 Å². The molecule has 0 heterocycles. The van der Waals surface area contributed by atoms with Gasteiger partial charge in [0, 0.05) is 0 Å². The summed E-state index contributed by atoms with van der Waals surface area (Å²) in [5.74, 6) is 0.999. The monoisotopic (exact) mass is 639 g/mol. The summed E-state index contributed by atoms with van der Waals surface area (Å²) >= 11 is 1.69. The summed E-state index contributed by atoms with van der Waals surface area (Å²) in [6.07, 6.45) is 5.17. The average Bonchev–Trinajstić information content (AvgIpc) is 3.42. The molecule has 3 aliphatic rings. The van der Waals surface area contributed by atoms with Crippen molar-refractivity contribution < 1.29 is 49.5 Å². The van der Waals surface area contributed by atoms with Crippen LogP contribution in [0, 0.1) is 16.7 Å². The topological polar surface area (TPSA) is 0 Å². The van der Waals surface area contributed by atoms with Crippen LogP contribution in [0.1, 0.15) is 117 Å². The number of hydrogen-bond donors (Lipinski definition) is 0. The van der Waals surface area contributed by atoms with Crippen LogP contribution in [0.4, 0.5) is 0 Å². The molecule has 0 amide bonds. The van der Waals surface area contributed by atoms with Crippen LogP contribution >= 0.6 is 0 Å². The molecular weight excluding hydrogens is 595 g/mol. The Morgan fingerprint density at radius 2 is 1.21 bits per heavy atom. The van der Waals surface area contributed by atoms with E-state index in [1.165, 1.54) is 35.1 Å². The Bertz CT molecular complexity index is 1260. The maximum absolute atomic E-state index is 2.67. The first-order valence-corrected chi connectivity index (χ1v) is 15.8. The van der Waals surface area contributed by atoms with Crippen LogP contribution in [0.5, 0.6) is 0 Å². The standard InChI is InChI=1S/C36H47.2ClH.Zr/c1-22(2)36(17-16-23-18-26(21-31(23)36)35(9,10)11)32-27-14-12-24(33(3,4)5)19-29(27)30-20-25(34(6,7)8)13-15-28(30)32;;;/h12-16,19-22,32H,17-18H2,1-11H3;2*1H;/q;;;+2/p-2. The van der Waals surface area contributed by atoms with Crippen molar-refractivity contribution in [3.8, 4) is 11.1 Å². The molecule has 0 N–H and O–H groups in total. The minimum absolute atomic E-state index is 0. The molecule has 2 aromatic carbocycles. The summed E-state index contributed by atoms with van der Waals surface area (Å²) < 4.78 is 0.732. The first-order valence-electron chi connectivity index (χ1n) is 14.4. The van der Waals surface area contributed by atoms with Gasteiger partial charge in [-0.15, -0.1) is 0 Å².